The molecule has 1 amide bonds. The summed E-state index contributed by atoms with van der Waals surface area (Å²) >= 11 is 5.85. The molecule has 1 aliphatic rings. The van der Waals surface area contributed by atoms with Crippen molar-refractivity contribution in [2.45, 2.75) is 19.4 Å². The molecule has 2 aromatic carbocycles. The minimum absolute atomic E-state index is 0.267. The number of benzene rings is 2. The Kier molecular flexibility index (Phi) is 4.31. The largest absolute Gasteiger partial charge is 0.322 e. The molecule has 4 rings (SSSR count). The summed E-state index contributed by atoms with van der Waals surface area (Å²) in [4.78, 5) is 23.3. The van der Waals surface area contributed by atoms with E-state index in [1.165, 1.54) is 11.8 Å². The number of rotatable bonds is 3. The summed E-state index contributed by atoms with van der Waals surface area (Å²) in [6.07, 6.45) is 4.13. The van der Waals surface area contributed by atoms with Crippen molar-refractivity contribution >= 4 is 34.7 Å². The van der Waals surface area contributed by atoms with Crippen molar-refractivity contribution in [3.8, 4) is 0 Å². The van der Waals surface area contributed by atoms with E-state index in [9.17, 15) is 4.79 Å². The van der Waals surface area contributed by atoms with E-state index < -0.39 is 0 Å². The van der Waals surface area contributed by atoms with Gasteiger partial charge in [-0.3, -0.25) is 4.79 Å². The lowest BCUT2D eigenvalue weighted by molar-refractivity contribution is 0.102. The lowest BCUT2D eigenvalue weighted by Gasteiger charge is -2.23. The first-order chi connectivity index (χ1) is 12.6. The lowest BCUT2D eigenvalue weighted by atomic mass is 10.1. The number of carbonyl (C=O) groups excluding carboxylic acids is 1. The van der Waals surface area contributed by atoms with Crippen molar-refractivity contribution in [1.82, 2.24) is 9.97 Å². The number of para-hydroxylation sites is 1. The van der Waals surface area contributed by atoms with Gasteiger partial charge >= 0.3 is 0 Å². The molecule has 130 valence electrons. The zero-order chi connectivity index (χ0) is 18.1. The number of aromatic nitrogens is 2. The molecule has 1 atom stereocenters. The second-order valence-corrected chi connectivity index (χ2v) is 6.71. The zero-order valence-corrected chi connectivity index (χ0v) is 14.9. The number of carbonyl (C=O) groups is 1. The van der Waals surface area contributed by atoms with Crippen LogP contribution in [-0.2, 0) is 6.42 Å². The van der Waals surface area contributed by atoms with Crippen LogP contribution in [0.4, 0.5) is 17.2 Å². The third-order valence-corrected chi connectivity index (χ3v) is 4.68. The Morgan fingerprint density at radius 1 is 1.12 bits per heavy atom. The minimum atomic E-state index is -0.304. The van der Waals surface area contributed by atoms with Gasteiger partial charge in [-0.25, -0.2) is 9.97 Å². The predicted octanol–water partition coefficient (Wildman–Crippen LogP) is 4.47. The summed E-state index contributed by atoms with van der Waals surface area (Å²) in [7, 11) is 0. The number of fused-ring (bicyclic) bond motifs is 1. The number of anilines is 3. The average Bonchev–Trinajstić information content (AvgIpc) is 2.99. The van der Waals surface area contributed by atoms with Crippen LogP contribution in [0.25, 0.3) is 0 Å². The highest BCUT2D eigenvalue weighted by Gasteiger charge is 2.27. The molecule has 1 aliphatic heterocycles. The van der Waals surface area contributed by atoms with Gasteiger partial charge in [0, 0.05) is 22.4 Å². The van der Waals surface area contributed by atoms with Gasteiger partial charge in [-0.2, -0.15) is 0 Å². The van der Waals surface area contributed by atoms with E-state index in [1.807, 2.05) is 12.1 Å². The first-order valence-corrected chi connectivity index (χ1v) is 8.76. The van der Waals surface area contributed by atoms with Crippen LogP contribution in [0.3, 0.4) is 0 Å². The summed E-state index contributed by atoms with van der Waals surface area (Å²) in [5.41, 5.74) is 3.37. The van der Waals surface area contributed by atoms with E-state index in [0.717, 1.165) is 17.9 Å². The summed E-state index contributed by atoms with van der Waals surface area (Å²) < 4.78 is 0. The molecule has 26 heavy (non-hydrogen) atoms. The number of nitrogens with one attached hydrogen (secondary N) is 1. The fraction of sp³-hybridized carbons (Fsp3) is 0.150. The Morgan fingerprint density at radius 3 is 2.62 bits per heavy atom. The SMILES string of the molecule is CC1Cc2ccccc2N1c1cnc(C(=O)Nc2ccc(Cl)cc2)cn1. The van der Waals surface area contributed by atoms with Gasteiger partial charge in [-0.1, -0.05) is 29.8 Å². The molecule has 3 aromatic rings. The number of hydrogen-bond acceptors (Lipinski definition) is 4. The molecule has 0 saturated heterocycles. The topological polar surface area (TPSA) is 58.1 Å². The van der Waals surface area contributed by atoms with Crippen LogP contribution >= 0.6 is 11.6 Å². The quantitative estimate of drug-likeness (QED) is 0.745. The maximum Gasteiger partial charge on any atom is 0.275 e. The maximum atomic E-state index is 12.3. The van der Waals surface area contributed by atoms with E-state index in [2.05, 4.69) is 39.2 Å². The summed E-state index contributed by atoms with van der Waals surface area (Å²) in [5, 5.41) is 3.40. The van der Waals surface area contributed by atoms with Gasteiger partial charge in [0.25, 0.3) is 5.91 Å². The van der Waals surface area contributed by atoms with Crippen LogP contribution in [0.2, 0.25) is 5.02 Å². The van der Waals surface area contributed by atoms with Gasteiger partial charge in [-0.05, 0) is 49.2 Å². The van der Waals surface area contributed by atoms with Crippen molar-refractivity contribution in [2.75, 3.05) is 10.2 Å². The Bertz CT molecular complexity index is 941. The first kappa shape index (κ1) is 16.5. The van der Waals surface area contributed by atoms with Gasteiger partial charge in [0.1, 0.15) is 5.69 Å². The maximum absolute atomic E-state index is 12.3. The predicted molar refractivity (Wildman–Crippen MR) is 103 cm³/mol. The number of hydrogen-bond donors (Lipinski definition) is 1. The average molecular weight is 365 g/mol. The molecule has 0 saturated carbocycles. The Morgan fingerprint density at radius 2 is 1.88 bits per heavy atom. The zero-order valence-electron chi connectivity index (χ0n) is 14.2. The molecule has 0 spiro atoms. The molecule has 5 nitrogen and oxygen atoms in total. The van der Waals surface area contributed by atoms with E-state index in [0.29, 0.717) is 16.8 Å². The summed E-state index contributed by atoms with van der Waals surface area (Å²) in [5.74, 6) is 0.437. The lowest BCUT2D eigenvalue weighted by Crippen LogP contribution is -2.25. The molecule has 1 aromatic heterocycles. The van der Waals surface area contributed by atoms with E-state index >= 15 is 0 Å². The molecule has 1 unspecified atom stereocenters. The van der Waals surface area contributed by atoms with E-state index in [-0.39, 0.29) is 11.6 Å². The highest BCUT2D eigenvalue weighted by molar-refractivity contribution is 6.30. The van der Waals surface area contributed by atoms with Crippen LogP contribution < -0.4 is 10.2 Å². The van der Waals surface area contributed by atoms with Crippen molar-refractivity contribution in [3.63, 3.8) is 0 Å². The van der Waals surface area contributed by atoms with Crippen LogP contribution in [0.15, 0.2) is 60.9 Å². The second-order valence-electron chi connectivity index (χ2n) is 6.27. The van der Waals surface area contributed by atoms with Crippen LogP contribution in [0, 0.1) is 0 Å². The minimum Gasteiger partial charge on any atom is -0.322 e. The van der Waals surface area contributed by atoms with E-state index in [1.54, 1.807) is 30.5 Å². The van der Waals surface area contributed by atoms with Crippen molar-refractivity contribution in [1.29, 1.82) is 0 Å². The van der Waals surface area contributed by atoms with Crippen LogP contribution in [-0.4, -0.2) is 21.9 Å². The normalized spacial score (nSPS) is 15.6. The number of amides is 1. The fourth-order valence-electron chi connectivity index (χ4n) is 3.21. The molecule has 6 heteroatoms. The fourth-order valence-corrected chi connectivity index (χ4v) is 3.33. The highest BCUT2D eigenvalue weighted by Crippen LogP contribution is 2.36. The standard InChI is InChI=1S/C20H17ClN4O/c1-13-10-14-4-2-3-5-18(14)25(13)19-12-22-17(11-23-19)20(26)24-16-8-6-15(21)7-9-16/h2-9,11-13H,10H2,1H3,(H,24,26). The third-order valence-electron chi connectivity index (χ3n) is 4.43. The second kappa shape index (κ2) is 6.77. The summed E-state index contributed by atoms with van der Waals surface area (Å²) in [6.45, 7) is 2.16. The van der Waals surface area contributed by atoms with Crippen LogP contribution in [0.5, 0.6) is 0 Å². The molecular weight excluding hydrogens is 348 g/mol. The van der Waals surface area contributed by atoms with Crippen molar-refractivity contribution in [3.05, 3.63) is 77.2 Å². The van der Waals surface area contributed by atoms with Crippen molar-refractivity contribution in [2.24, 2.45) is 0 Å². The Labute approximate surface area is 156 Å². The van der Waals surface area contributed by atoms with E-state index in [4.69, 9.17) is 11.6 Å². The first-order valence-electron chi connectivity index (χ1n) is 8.38. The molecule has 1 N–H and O–H groups in total. The van der Waals surface area contributed by atoms with Gasteiger partial charge in [0.2, 0.25) is 0 Å². The van der Waals surface area contributed by atoms with Crippen molar-refractivity contribution < 1.29 is 4.79 Å². The van der Waals surface area contributed by atoms with Gasteiger partial charge in [0.05, 0.1) is 12.4 Å². The number of halogens is 1. The number of nitrogens with zero attached hydrogens (tertiary/aromatic N) is 3. The van der Waals surface area contributed by atoms with Gasteiger partial charge in [0.15, 0.2) is 5.82 Å². The molecular formula is C20H17ClN4O. The Hall–Kier alpha value is -2.92. The summed E-state index contributed by atoms with van der Waals surface area (Å²) in [6, 6.07) is 15.5. The van der Waals surface area contributed by atoms with Gasteiger partial charge < -0.3 is 10.2 Å². The molecule has 0 radical (unpaired) electrons. The molecule has 0 aliphatic carbocycles. The highest BCUT2D eigenvalue weighted by atomic mass is 35.5. The smallest absolute Gasteiger partial charge is 0.275 e. The third kappa shape index (κ3) is 3.13. The van der Waals surface area contributed by atoms with Gasteiger partial charge in [-0.15, -0.1) is 0 Å². The molecule has 0 fully saturated rings. The monoisotopic (exact) mass is 364 g/mol. The van der Waals surface area contributed by atoms with Crippen LogP contribution in [0.1, 0.15) is 23.0 Å². The molecule has 0 bridgehead atoms. The Balaban J connectivity index is 1.53. The molecule has 2 heterocycles.